The molecule has 172 valence electrons. The molecule has 1 heterocycles. The molecule has 3 aliphatic rings. The summed E-state index contributed by atoms with van der Waals surface area (Å²) < 4.78 is 5.63. The van der Waals surface area contributed by atoms with Crippen molar-refractivity contribution in [1.29, 1.82) is 0 Å². The third-order valence-corrected chi connectivity index (χ3v) is 6.93. The Labute approximate surface area is 192 Å². The van der Waals surface area contributed by atoms with Gasteiger partial charge in [-0.2, -0.15) is 0 Å². The van der Waals surface area contributed by atoms with Gasteiger partial charge in [-0.1, -0.05) is 61.4 Å². The molecular weight excluding hydrogens is 420 g/mol. The second kappa shape index (κ2) is 8.89. The van der Waals surface area contributed by atoms with Crippen LogP contribution in [0.5, 0.6) is 0 Å². The minimum Gasteiger partial charge on any atom is -0.481 e. The van der Waals surface area contributed by atoms with E-state index < -0.39 is 18.1 Å². The van der Waals surface area contributed by atoms with Crippen molar-refractivity contribution >= 4 is 18.0 Å². The Bertz CT molecular complexity index is 1030. The van der Waals surface area contributed by atoms with E-state index >= 15 is 0 Å². The van der Waals surface area contributed by atoms with Crippen LogP contribution in [0, 0.1) is 11.8 Å². The Kier molecular flexibility index (Phi) is 5.79. The molecule has 33 heavy (non-hydrogen) atoms. The molecule has 1 unspecified atom stereocenters. The molecule has 2 aliphatic carbocycles. The summed E-state index contributed by atoms with van der Waals surface area (Å²) in [6.45, 7) is 1.06. The largest absolute Gasteiger partial charge is 0.481 e. The van der Waals surface area contributed by atoms with E-state index in [-0.39, 0.29) is 30.8 Å². The standard InChI is InChI=1S/C26H28N2O5/c29-24(30)12-17-13-28(14-17)25(31)23(11-16-9-10-16)27-26(32)33-15-22-20-7-3-1-5-18(20)19-6-2-4-8-21(19)22/h1-8,16-17,22-23H,9-15H2,(H,27,32)(H,29,30). The Morgan fingerprint density at radius 2 is 1.58 bits per heavy atom. The van der Waals surface area contributed by atoms with Crippen LogP contribution in [0.1, 0.15) is 42.7 Å². The molecule has 2 aromatic carbocycles. The monoisotopic (exact) mass is 448 g/mol. The minimum absolute atomic E-state index is 0.0116. The highest BCUT2D eigenvalue weighted by molar-refractivity contribution is 5.86. The number of ether oxygens (including phenoxy) is 1. The number of alkyl carbamates (subject to hydrolysis) is 1. The van der Waals surface area contributed by atoms with Crippen LogP contribution in [0.25, 0.3) is 11.1 Å². The highest BCUT2D eigenvalue weighted by Crippen LogP contribution is 2.44. The lowest BCUT2D eigenvalue weighted by atomic mass is 9.95. The number of carbonyl (C=O) groups is 3. The number of amides is 2. The summed E-state index contributed by atoms with van der Waals surface area (Å²) in [6.07, 6.45) is 2.22. The Hall–Kier alpha value is -3.35. The number of carbonyl (C=O) groups excluding carboxylic acids is 2. The number of likely N-dealkylation sites (tertiary alicyclic amines) is 1. The van der Waals surface area contributed by atoms with Crippen LogP contribution in [0.4, 0.5) is 4.79 Å². The second-order valence-electron chi connectivity index (χ2n) is 9.41. The maximum Gasteiger partial charge on any atom is 0.407 e. The van der Waals surface area contributed by atoms with Crippen molar-refractivity contribution < 1.29 is 24.2 Å². The van der Waals surface area contributed by atoms with Gasteiger partial charge in [-0.15, -0.1) is 0 Å². The Morgan fingerprint density at radius 3 is 2.15 bits per heavy atom. The summed E-state index contributed by atoms with van der Waals surface area (Å²) >= 11 is 0. The van der Waals surface area contributed by atoms with E-state index in [1.807, 2.05) is 24.3 Å². The SMILES string of the molecule is O=C(O)CC1CN(C(=O)C(CC2CC2)NC(=O)OCC2c3ccccc3-c3ccccc32)C1. The van der Waals surface area contributed by atoms with E-state index in [0.717, 1.165) is 35.1 Å². The molecule has 2 fully saturated rings. The molecule has 0 bridgehead atoms. The average molecular weight is 449 g/mol. The van der Waals surface area contributed by atoms with Gasteiger partial charge in [0.25, 0.3) is 0 Å². The molecule has 1 aliphatic heterocycles. The lowest BCUT2D eigenvalue weighted by Crippen LogP contribution is -2.57. The number of hydrogen-bond acceptors (Lipinski definition) is 4. The number of aliphatic carboxylic acids is 1. The molecule has 1 saturated heterocycles. The normalized spacial score (nSPS) is 18.1. The lowest BCUT2D eigenvalue weighted by Gasteiger charge is -2.40. The van der Waals surface area contributed by atoms with Crippen molar-refractivity contribution in [3.05, 3.63) is 59.7 Å². The maximum atomic E-state index is 13.0. The zero-order valence-corrected chi connectivity index (χ0v) is 18.4. The minimum atomic E-state index is -0.849. The van der Waals surface area contributed by atoms with Gasteiger partial charge in [-0.05, 0) is 34.6 Å². The van der Waals surface area contributed by atoms with E-state index in [9.17, 15) is 14.4 Å². The molecule has 2 amide bonds. The summed E-state index contributed by atoms with van der Waals surface area (Å²) in [6, 6.07) is 15.7. The number of benzene rings is 2. The molecule has 0 aromatic heterocycles. The maximum absolute atomic E-state index is 13.0. The smallest absolute Gasteiger partial charge is 0.407 e. The Balaban J connectivity index is 1.20. The third kappa shape index (κ3) is 4.58. The van der Waals surface area contributed by atoms with Crippen LogP contribution in [0.3, 0.4) is 0 Å². The van der Waals surface area contributed by atoms with Gasteiger partial charge >= 0.3 is 12.1 Å². The van der Waals surface area contributed by atoms with Crippen molar-refractivity contribution in [3.63, 3.8) is 0 Å². The molecule has 0 spiro atoms. The summed E-state index contributed by atoms with van der Waals surface area (Å²) in [5.74, 6) is -0.588. The fourth-order valence-electron chi connectivity index (χ4n) is 5.04. The van der Waals surface area contributed by atoms with Gasteiger partial charge in [-0.3, -0.25) is 9.59 Å². The first-order chi connectivity index (χ1) is 16.0. The molecule has 2 N–H and O–H groups in total. The predicted molar refractivity (Wildman–Crippen MR) is 122 cm³/mol. The summed E-state index contributed by atoms with van der Waals surface area (Å²) in [5.41, 5.74) is 4.61. The fraction of sp³-hybridized carbons (Fsp3) is 0.423. The number of nitrogens with zero attached hydrogens (tertiary/aromatic N) is 1. The van der Waals surface area contributed by atoms with Crippen molar-refractivity contribution in [2.45, 2.75) is 37.6 Å². The van der Waals surface area contributed by atoms with Crippen LogP contribution < -0.4 is 5.32 Å². The van der Waals surface area contributed by atoms with Gasteiger partial charge in [0.1, 0.15) is 12.6 Å². The van der Waals surface area contributed by atoms with Gasteiger partial charge in [0.2, 0.25) is 5.91 Å². The third-order valence-electron chi connectivity index (χ3n) is 6.93. The number of fused-ring (bicyclic) bond motifs is 3. The summed E-state index contributed by atoms with van der Waals surface area (Å²) in [5, 5.41) is 11.7. The van der Waals surface area contributed by atoms with E-state index in [1.165, 1.54) is 0 Å². The zero-order valence-electron chi connectivity index (χ0n) is 18.4. The molecule has 1 saturated carbocycles. The van der Waals surface area contributed by atoms with E-state index in [1.54, 1.807) is 4.90 Å². The molecular formula is C26H28N2O5. The zero-order chi connectivity index (χ0) is 22.9. The first-order valence-corrected chi connectivity index (χ1v) is 11.6. The van der Waals surface area contributed by atoms with Crippen molar-refractivity contribution in [1.82, 2.24) is 10.2 Å². The van der Waals surface area contributed by atoms with Gasteiger partial charge in [-0.25, -0.2) is 4.79 Å². The van der Waals surface area contributed by atoms with Crippen LogP contribution in [-0.4, -0.2) is 53.7 Å². The summed E-state index contributed by atoms with van der Waals surface area (Å²) in [4.78, 5) is 38.2. The molecule has 7 heteroatoms. The number of rotatable bonds is 8. The van der Waals surface area contributed by atoms with Gasteiger partial charge in [0.05, 0.1) is 6.42 Å². The van der Waals surface area contributed by atoms with Crippen LogP contribution in [0.15, 0.2) is 48.5 Å². The van der Waals surface area contributed by atoms with Crippen molar-refractivity contribution in [2.75, 3.05) is 19.7 Å². The number of nitrogens with one attached hydrogen (secondary N) is 1. The summed E-state index contributed by atoms with van der Waals surface area (Å²) in [7, 11) is 0. The van der Waals surface area contributed by atoms with Crippen LogP contribution >= 0.6 is 0 Å². The number of carboxylic acids is 1. The Morgan fingerprint density at radius 1 is 0.970 bits per heavy atom. The van der Waals surface area contributed by atoms with E-state index in [4.69, 9.17) is 9.84 Å². The number of carboxylic acid groups (broad SMARTS) is 1. The van der Waals surface area contributed by atoms with Crippen molar-refractivity contribution in [3.8, 4) is 11.1 Å². The first kappa shape index (κ1) is 21.5. The quantitative estimate of drug-likeness (QED) is 0.643. The van der Waals surface area contributed by atoms with Crippen molar-refractivity contribution in [2.24, 2.45) is 11.8 Å². The van der Waals surface area contributed by atoms with Crippen LogP contribution in [-0.2, 0) is 14.3 Å². The van der Waals surface area contributed by atoms with Crippen LogP contribution in [0.2, 0.25) is 0 Å². The highest BCUT2D eigenvalue weighted by atomic mass is 16.5. The predicted octanol–water partition coefficient (Wildman–Crippen LogP) is 3.63. The van der Waals surface area contributed by atoms with E-state index in [0.29, 0.717) is 25.4 Å². The molecule has 5 rings (SSSR count). The topological polar surface area (TPSA) is 95.9 Å². The highest BCUT2D eigenvalue weighted by Gasteiger charge is 2.39. The molecule has 1 atom stereocenters. The van der Waals surface area contributed by atoms with Gasteiger partial charge < -0.3 is 20.1 Å². The lowest BCUT2D eigenvalue weighted by molar-refractivity contribution is -0.146. The average Bonchev–Trinajstić information content (AvgIpc) is 3.54. The van der Waals surface area contributed by atoms with Gasteiger partial charge in [0, 0.05) is 24.9 Å². The number of hydrogen-bond donors (Lipinski definition) is 2. The molecule has 0 radical (unpaired) electrons. The first-order valence-electron chi connectivity index (χ1n) is 11.6. The van der Waals surface area contributed by atoms with Gasteiger partial charge in [0.15, 0.2) is 0 Å². The molecule has 2 aromatic rings. The second-order valence-corrected chi connectivity index (χ2v) is 9.41. The van der Waals surface area contributed by atoms with E-state index in [2.05, 4.69) is 29.6 Å². The fourth-order valence-corrected chi connectivity index (χ4v) is 5.04. The molecule has 7 nitrogen and oxygen atoms in total.